The summed E-state index contributed by atoms with van der Waals surface area (Å²) in [6.45, 7) is 1.35. The van der Waals surface area contributed by atoms with Crippen molar-refractivity contribution in [2.45, 2.75) is 13.0 Å². The van der Waals surface area contributed by atoms with E-state index < -0.39 is 23.0 Å². The molecule has 0 saturated heterocycles. The number of rotatable bonds is 4. The van der Waals surface area contributed by atoms with Crippen LogP contribution in [0.5, 0.6) is 0 Å². The summed E-state index contributed by atoms with van der Waals surface area (Å²) in [7, 11) is 1.32. The second-order valence-corrected chi connectivity index (χ2v) is 4.83. The zero-order chi connectivity index (χ0) is 15.4. The Hall–Kier alpha value is -2.16. The average molecular weight is 346 g/mol. The van der Waals surface area contributed by atoms with Crippen molar-refractivity contribution in [3.05, 3.63) is 32.8 Å². The number of hydrogen-bond acceptors (Lipinski definition) is 4. The highest BCUT2D eigenvalue weighted by atomic mass is 79.9. The summed E-state index contributed by atoms with van der Waals surface area (Å²) >= 11 is 3.15. The van der Waals surface area contributed by atoms with Gasteiger partial charge in [-0.1, -0.05) is 0 Å². The Labute approximate surface area is 122 Å². The molecule has 1 unspecified atom stereocenters. The summed E-state index contributed by atoms with van der Waals surface area (Å²) in [5, 5.41) is 21.9. The normalized spacial score (nSPS) is 11.6. The van der Waals surface area contributed by atoms with Gasteiger partial charge in [0.2, 0.25) is 0 Å². The number of urea groups is 1. The number of amides is 2. The van der Waals surface area contributed by atoms with Gasteiger partial charge in [0.15, 0.2) is 0 Å². The topological polar surface area (TPSA) is 113 Å². The maximum Gasteiger partial charge on any atom is 0.326 e. The number of nitro groups is 1. The molecule has 0 aromatic heterocycles. The summed E-state index contributed by atoms with van der Waals surface area (Å²) < 4.78 is 0.452. The van der Waals surface area contributed by atoms with Crippen molar-refractivity contribution in [1.82, 2.24) is 4.90 Å². The number of non-ortho nitro benzene ring substituents is 1. The van der Waals surface area contributed by atoms with Crippen LogP contribution in [-0.2, 0) is 4.79 Å². The first kappa shape index (κ1) is 15.9. The molecule has 0 fully saturated rings. The number of nitro benzene ring substituents is 1. The molecule has 1 aromatic carbocycles. The lowest BCUT2D eigenvalue weighted by atomic mass is 10.3. The number of aliphatic carboxylic acids is 1. The Morgan fingerprint density at radius 2 is 2.10 bits per heavy atom. The third-order valence-corrected chi connectivity index (χ3v) is 3.35. The molecule has 0 bridgehead atoms. The van der Waals surface area contributed by atoms with Crippen molar-refractivity contribution in [2.75, 3.05) is 12.4 Å². The lowest BCUT2D eigenvalue weighted by molar-refractivity contribution is -0.384. The molecule has 0 spiro atoms. The fraction of sp³-hybridized carbons (Fsp3) is 0.273. The first-order chi connectivity index (χ1) is 9.23. The number of carboxylic acids is 1. The van der Waals surface area contributed by atoms with Gasteiger partial charge in [-0.25, -0.2) is 9.59 Å². The van der Waals surface area contributed by atoms with Gasteiger partial charge in [0.25, 0.3) is 5.69 Å². The molecule has 1 atom stereocenters. The summed E-state index contributed by atoms with van der Waals surface area (Å²) in [5.74, 6) is -1.15. The predicted octanol–water partition coefficient (Wildman–Crippen LogP) is 2.29. The Balaban J connectivity index is 2.93. The van der Waals surface area contributed by atoms with Crippen LogP contribution in [0.3, 0.4) is 0 Å². The Kier molecular flexibility index (Phi) is 5.03. The van der Waals surface area contributed by atoms with Crippen LogP contribution in [-0.4, -0.2) is 40.0 Å². The molecule has 0 aliphatic heterocycles. The highest BCUT2D eigenvalue weighted by molar-refractivity contribution is 9.10. The van der Waals surface area contributed by atoms with Crippen LogP contribution in [0.25, 0.3) is 0 Å². The quantitative estimate of drug-likeness (QED) is 0.642. The molecule has 1 rings (SSSR count). The van der Waals surface area contributed by atoms with Crippen molar-refractivity contribution >= 4 is 39.3 Å². The molecule has 0 aliphatic rings. The first-order valence-electron chi connectivity index (χ1n) is 5.44. The highest BCUT2D eigenvalue weighted by Crippen LogP contribution is 2.27. The van der Waals surface area contributed by atoms with E-state index in [0.717, 1.165) is 4.90 Å². The van der Waals surface area contributed by atoms with Crippen molar-refractivity contribution < 1.29 is 19.6 Å². The Morgan fingerprint density at radius 3 is 2.60 bits per heavy atom. The van der Waals surface area contributed by atoms with Crippen LogP contribution in [0.15, 0.2) is 22.7 Å². The monoisotopic (exact) mass is 345 g/mol. The smallest absolute Gasteiger partial charge is 0.326 e. The van der Waals surface area contributed by atoms with Crippen LogP contribution in [0.4, 0.5) is 16.2 Å². The van der Waals surface area contributed by atoms with E-state index in [2.05, 4.69) is 21.2 Å². The van der Waals surface area contributed by atoms with Gasteiger partial charge in [0.1, 0.15) is 6.04 Å². The van der Waals surface area contributed by atoms with Gasteiger partial charge in [-0.05, 0) is 28.9 Å². The van der Waals surface area contributed by atoms with Crippen LogP contribution >= 0.6 is 15.9 Å². The number of nitrogens with zero attached hydrogens (tertiary/aromatic N) is 2. The number of halogens is 1. The van der Waals surface area contributed by atoms with E-state index in [-0.39, 0.29) is 11.4 Å². The maximum absolute atomic E-state index is 11.9. The van der Waals surface area contributed by atoms with Crippen LogP contribution in [0.1, 0.15) is 6.92 Å². The zero-order valence-electron chi connectivity index (χ0n) is 10.7. The van der Waals surface area contributed by atoms with Gasteiger partial charge >= 0.3 is 12.0 Å². The number of hydrogen-bond donors (Lipinski definition) is 2. The van der Waals surface area contributed by atoms with Crippen LogP contribution in [0, 0.1) is 10.1 Å². The lowest BCUT2D eigenvalue weighted by Crippen LogP contribution is -2.42. The molecule has 108 valence electrons. The van der Waals surface area contributed by atoms with Gasteiger partial charge in [-0.2, -0.15) is 0 Å². The summed E-state index contributed by atoms with van der Waals surface area (Å²) in [6, 6.07) is 2.19. The van der Waals surface area contributed by atoms with E-state index >= 15 is 0 Å². The van der Waals surface area contributed by atoms with E-state index in [1.54, 1.807) is 0 Å². The standard InChI is InChI=1S/C11H12BrN3O5/c1-6(10(16)17)14(2)11(18)13-9-5-7(15(19)20)3-4-8(9)12/h3-6H,1-2H3,(H,13,18)(H,16,17). The predicted molar refractivity (Wildman–Crippen MR) is 74.7 cm³/mol. The van der Waals surface area contributed by atoms with E-state index in [1.165, 1.54) is 32.2 Å². The van der Waals surface area contributed by atoms with E-state index in [9.17, 15) is 19.7 Å². The zero-order valence-corrected chi connectivity index (χ0v) is 12.2. The molecule has 1 aromatic rings. The maximum atomic E-state index is 11.9. The largest absolute Gasteiger partial charge is 0.480 e. The molecular formula is C11H12BrN3O5. The number of carbonyl (C=O) groups is 2. The minimum atomic E-state index is -1.15. The summed E-state index contributed by atoms with van der Waals surface area (Å²) in [6.07, 6.45) is 0. The SMILES string of the molecule is CC(C(=O)O)N(C)C(=O)Nc1cc([N+](=O)[O-])ccc1Br. The molecule has 0 saturated carbocycles. The molecule has 0 heterocycles. The lowest BCUT2D eigenvalue weighted by Gasteiger charge is -2.22. The molecule has 2 N–H and O–H groups in total. The molecule has 8 nitrogen and oxygen atoms in total. The number of carboxylic acid groups (broad SMARTS) is 1. The number of benzene rings is 1. The van der Waals surface area contributed by atoms with E-state index in [1.807, 2.05) is 0 Å². The highest BCUT2D eigenvalue weighted by Gasteiger charge is 2.22. The average Bonchev–Trinajstić information content (AvgIpc) is 2.38. The molecule has 9 heteroatoms. The van der Waals surface area contributed by atoms with Gasteiger partial charge in [0, 0.05) is 23.7 Å². The molecule has 0 aliphatic carbocycles. The fourth-order valence-corrected chi connectivity index (χ4v) is 1.61. The minimum Gasteiger partial charge on any atom is -0.480 e. The molecule has 0 radical (unpaired) electrons. The molecule has 20 heavy (non-hydrogen) atoms. The van der Waals surface area contributed by atoms with Gasteiger partial charge in [0.05, 0.1) is 10.6 Å². The Bertz CT molecular complexity index is 563. The Morgan fingerprint density at radius 1 is 1.50 bits per heavy atom. The summed E-state index contributed by atoms with van der Waals surface area (Å²) in [5.41, 5.74) is 0.00562. The van der Waals surface area contributed by atoms with Gasteiger partial charge < -0.3 is 15.3 Å². The second kappa shape index (κ2) is 6.33. The van der Waals surface area contributed by atoms with E-state index in [0.29, 0.717) is 4.47 Å². The number of anilines is 1. The van der Waals surface area contributed by atoms with Crippen molar-refractivity contribution in [2.24, 2.45) is 0 Å². The van der Waals surface area contributed by atoms with Gasteiger partial charge in [-0.15, -0.1) is 0 Å². The third kappa shape index (κ3) is 3.67. The minimum absolute atomic E-state index is 0.183. The third-order valence-electron chi connectivity index (χ3n) is 2.66. The molecule has 2 amide bonds. The first-order valence-corrected chi connectivity index (χ1v) is 6.24. The number of carbonyl (C=O) groups excluding carboxylic acids is 1. The summed E-state index contributed by atoms with van der Waals surface area (Å²) in [4.78, 5) is 33.7. The van der Waals surface area contributed by atoms with Crippen molar-refractivity contribution in [1.29, 1.82) is 0 Å². The van der Waals surface area contributed by atoms with Crippen LogP contribution < -0.4 is 5.32 Å². The number of likely N-dealkylation sites (N-methyl/N-ethyl adjacent to an activating group) is 1. The van der Waals surface area contributed by atoms with Crippen molar-refractivity contribution in [3.8, 4) is 0 Å². The fourth-order valence-electron chi connectivity index (χ4n) is 1.27. The van der Waals surface area contributed by atoms with Gasteiger partial charge in [-0.3, -0.25) is 10.1 Å². The van der Waals surface area contributed by atoms with E-state index in [4.69, 9.17) is 5.11 Å². The molecular weight excluding hydrogens is 334 g/mol. The number of nitrogens with one attached hydrogen (secondary N) is 1. The van der Waals surface area contributed by atoms with Crippen LogP contribution in [0.2, 0.25) is 0 Å². The van der Waals surface area contributed by atoms with Crippen molar-refractivity contribution in [3.63, 3.8) is 0 Å². The second-order valence-electron chi connectivity index (χ2n) is 3.98.